The summed E-state index contributed by atoms with van der Waals surface area (Å²) >= 11 is 0. The quantitative estimate of drug-likeness (QED) is 0.190. The third-order valence-corrected chi connectivity index (χ3v) is 9.93. The van der Waals surface area contributed by atoms with Gasteiger partial charge >= 0.3 is 0 Å². The van der Waals surface area contributed by atoms with Gasteiger partial charge in [0.2, 0.25) is 0 Å². The highest BCUT2D eigenvalue weighted by Crippen LogP contribution is 2.39. The van der Waals surface area contributed by atoms with Crippen LogP contribution in [-0.2, 0) is 0 Å². The van der Waals surface area contributed by atoms with E-state index in [4.69, 9.17) is 9.41 Å². The molecule has 232 valence electrons. The summed E-state index contributed by atoms with van der Waals surface area (Å²) in [5, 5.41) is 17.2. The van der Waals surface area contributed by atoms with Gasteiger partial charge in [0, 0.05) is 16.3 Å². The zero-order valence-electron chi connectivity index (χ0n) is 26.6. The van der Waals surface area contributed by atoms with E-state index >= 15 is 0 Å². The van der Waals surface area contributed by atoms with Crippen LogP contribution in [0, 0.1) is 0 Å². The van der Waals surface area contributed by atoms with Crippen LogP contribution in [0.25, 0.3) is 65.4 Å². The van der Waals surface area contributed by atoms with Crippen LogP contribution < -0.4 is 10.6 Å². The molecule has 8 aromatic carbocycles. The summed E-state index contributed by atoms with van der Waals surface area (Å²) < 4.78 is 6.48. The van der Waals surface area contributed by atoms with Gasteiger partial charge in [-0.1, -0.05) is 133 Å². The van der Waals surface area contributed by atoms with Gasteiger partial charge in [0.15, 0.2) is 0 Å². The van der Waals surface area contributed by atoms with Crippen molar-refractivity contribution >= 4 is 60.1 Å². The molecule has 0 spiro atoms. The van der Waals surface area contributed by atoms with Gasteiger partial charge in [0.05, 0.1) is 0 Å². The lowest BCUT2D eigenvalue weighted by Gasteiger charge is -2.32. The van der Waals surface area contributed by atoms with Crippen LogP contribution >= 0.6 is 0 Å². The lowest BCUT2D eigenvalue weighted by atomic mass is 9.92. The Hall–Kier alpha value is -6.23. The molecule has 9 aromatic rings. The maximum atomic E-state index is 6.48. The standard InChI is InChI=1S/C45H31N3O/c1-3-11-28(12-4-1)43-46-44(29-13-5-2-6-14-29)48-45(47-43)32-20-23-38-40-26-31(21-24-41(40)49-42(38)27-32)30-19-22-37-35-17-8-7-15-33(35)34-16-9-10-18-36(34)39(37)25-30/h1-27,43-44,46H,(H,47,48). The fraction of sp³-hybridized carbons (Fsp3) is 0.0444. The van der Waals surface area contributed by atoms with Crippen molar-refractivity contribution in [2.75, 3.05) is 0 Å². The SMILES string of the molecule is c1ccc(C2N=C(c3ccc4c(c3)oc3ccc(-c5ccc6c7ccccc7c7ccccc7c6c5)cc34)NC(c3ccccc3)N2)cc1. The highest BCUT2D eigenvalue weighted by atomic mass is 16.3. The van der Waals surface area contributed by atoms with Crippen LogP contribution in [0.2, 0.25) is 0 Å². The Morgan fingerprint density at radius 1 is 0.408 bits per heavy atom. The Bertz CT molecular complexity index is 2690. The van der Waals surface area contributed by atoms with Crippen molar-refractivity contribution in [3.63, 3.8) is 0 Å². The summed E-state index contributed by atoms with van der Waals surface area (Å²) in [5.41, 5.74) is 7.34. The molecule has 1 aromatic heterocycles. The van der Waals surface area contributed by atoms with E-state index in [1.54, 1.807) is 0 Å². The Kier molecular flexibility index (Phi) is 6.36. The zero-order valence-corrected chi connectivity index (χ0v) is 26.6. The first-order valence-corrected chi connectivity index (χ1v) is 16.8. The molecule has 10 rings (SSSR count). The first kappa shape index (κ1) is 27.8. The predicted octanol–water partition coefficient (Wildman–Crippen LogP) is 11.0. The first-order chi connectivity index (χ1) is 24.3. The number of aliphatic imine (C=N–C) groups is 1. The number of fused-ring (bicyclic) bond motifs is 9. The summed E-state index contributed by atoms with van der Waals surface area (Å²) in [4.78, 5) is 5.13. The molecule has 0 aliphatic carbocycles. The zero-order chi connectivity index (χ0) is 32.3. The Labute approximate surface area is 283 Å². The molecular weight excluding hydrogens is 599 g/mol. The average Bonchev–Trinajstić information content (AvgIpc) is 3.55. The van der Waals surface area contributed by atoms with E-state index in [2.05, 4.69) is 162 Å². The second kappa shape index (κ2) is 11.2. The van der Waals surface area contributed by atoms with Crippen LogP contribution in [0.1, 0.15) is 29.0 Å². The van der Waals surface area contributed by atoms with Gasteiger partial charge in [0.1, 0.15) is 29.3 Å². The predicted molar refractivity (Wildman–Crippen MR) is 203 cm³/mol. The number of nitrogens with zero attached hydrogens (tertiary/aromatic N) is 1. The van der Waals surface area contributed by atoms with Gasteiger partial charge < -0.3 is 9.73 Å². The van der Waals surface area contributed by atoms with Crippen molar-refractivity contribution in [2.45, 2.75) is 12.3 Å². The van der Waals surface area contributed by atoms with Gasteiger partial charge in [0.25, 0.3) is 0 Å². The number of nitrogens with one attached hydrogen (secondary N) is 2. The van der Waals surface area contributed by atoms with E-state index in [1.165, 1.54) is 43.4 Å². The fourth-order valence-corrected chi connectivity index (χ4v) is 7.52. The van der Waals surface area contributed by atoms with Crippen LogP contribution in [0.5, 0.6) is 0 Å². The van der Waals surface area contributed by atoms with Crippen LogP contribution in [0.4, 0.5) is 0 Å². The lowest BCUT2D eigenvalue weighted by Crippen LogP contribution is -2.44. The summed E-state index contributed by atoms with van der Waals surface area (Å²) in [6.45, 7) is 0. The molecule has 0 amide bonds. The maximum absolute atomic E-state index is 6.48. The molecule has 4 heteroatoms. The molecule has 1 aliphatic heterocycles. The molecule has 0 radical (unpaired) electrons. The van der Waals surface area contributed by atoms with E-state index < -0.39 is 0 Å². The van der Waals surface area contributed by atoms with E-state index in [0.29, 0.717) is 0 Å². The smallest absolute Gasteiger partial charge is 0.136 e. The molecular formula is C45H31N3O. The molecule has 0 saturated carbocycles. The topological polar surface area (TPSA) is 49.6 Å². The van der Waals surface area contributed by atoms with Crippen molar-refractivity contribution < 1.29 is 4.42 Å². The molecule has 1 aliphatic rings. The van der Waals surface area contributed by atoms with Crippen molar-refractivity contribution in [1.82, 2.24) is 10.6 Å². The van der Waals surface area contributed by atoms with Crippen molar-refractivity contribution in [3.8, 4) is 11.1 Å². The number of rotatable bonds is 4. The molecule has 2 atom stereocenters. The minimum absolute atomic E-state index is 0.0927. The molecule has 0 bridgehead atoms. The third kappa shape index (κ3) is 4.68. The van der Waals surface area contributed by atoms with E-state index in [-0.39, 0.29) is 12.3 Å². The summed E-state index contributed by atoms with van der Waals surface area (Å²) in [5.74, 6) is 0.834. The maximum Gasteiger partial charge on any atom is 0.136 e. The largest absolute Gasteiger partial charge is 0.456 e. The highest BCUT2D eigenvalue weighted by Gasteiger charge is 2.25. The normalized spacial score (nSPS) is 16.4. The molecule has 4 nitrogen and oxygen atoms in total. The van der Waals surface area contributed by atoms with Gasteiger partial charge in [-0.3, -0.25) is 5.32 Å². The minimum Gasteiger partial charge on any atom is -0.456 e. The number of amidine groups is 1. The monoisotopic (exact) mass is 629 g/mol. The molecule has 2 unspecified atom stereocenters. The molecule has 0 saturated heterocycles. The van der Waals surface area contributed by atoms with Crippen molar-refractivity contribution in [3.05, 3.63) is 180 Å². The van der Waals surface area contributed by atoms with Crippen molar-refractivity contribution in [1.29, 1.82) is 0 Å². The molecule has 0 fully saturated rings. The minimum atomic E-state index is -0.186. The average molecular weight is 630 g/mol. The first-order valence-electron chi connectivity index (χ1n) is 16.8. The van der Waals surface area contributed by atoms with Gasteiger partial charge in [-0.2, -0.15) is 0 Å². The third-order valence-electron chi connectivity index (χ3n) is 9.93. The van der Waals surface area contributed by atoms with Gasteiger partial charge in [-0.05, 0) is 84.9 Å². The number of benzene rings is 8. The van der Waals surface area contributed by atoms with E-state index in [0.717, 1.165) is 44.5 Å². The lowest BCUT2D eigenvalue weighted by molar-refractivity contribution is 0.409. The van der Waals surface area contributed by atoms with Gasteiger partial charge in [-0.15, -0.1) is 0 Å². The Balaban J connectivity index is 1.06. The fourth-order valence-electron chi connectivity index (χ4n) is 7.52. The Morgan fingerprint density at radius 3 is 1.63 bits per heavy atom. The molecule has 2 N–H and O–H groups in total. The second-order valence-corrected chi connectivity index (χ2v) is 12.8. The number of furan rings is 1. The van der Waals surface area contributed by atoms with Crippen molar-refractivity contribution in [2.24, 2.45) is 4.99 Å². The van der Waals surface area contributed by atoms with Crippen LogP contribution in [0.3, 0.4) is 0 Å². The summed E-state index contributed by atoms with van der Waals surface area (Å²) in [6, 6.07) is 58.1. The van der Waals surface area contributed by atoms with Crippen LogP contribution in [0.15, 0.2) is 173 Å². The van der Waals surface area contributed by atoms with E-state index in [9.17, 15) is 0 Å². The highest BCUT2D eigenvalue weighted by molar-refractivity contribution is 6.25. The second-order valence-electron chi connectivity index (χ2n) is 12.8. The molecule has 2 heterocycles. The summed E-state index contributed by atoms with van der Waals surface area (Å²) in [6.07, 6.45) is -0.279. The number of hydrogen-bond acceptors (Lipinski definition) is 4. The Morgan fingerprint density at radius 2 is 0.939 bits per heavy atom. The summed E-state index contributed by atoms with van der Waals surface area (Å²) in [7, 11) is 0. The molecule has 49 heavy (non-hydrogen) atoms. The van der Waals surface area contributed by atoms with Gasteiger partial charge in [-0.25, -0.2) is 4.99 Å². The van der Waals surface area contributed by atoms with E-state index in [1.807, 2.05) is 12.1 Å². The number of hydrogen-bond donors (Lipinski definition) is 2. The van der Waals surface area contributed by atoms with Crippen LogP contribution in [-0.4, -0.2) is 5.84 Å².